The lowest BCUT2D eigenvalue weighted by atomic mass is 10.1. The number of aromatic nitrogens is 4. The summed E-state index contributed by atoms with van der Waals surface area (Å²) in [4.78, 5) is 22.2. The van der Waals surface area contributed by atoms with Crippen LogP contribution in [0.2, 0.25) is 0 Å². The number of nitrogens with zero attached hydrogens (tertiary/aromatic N) is 4. The molecule has 0 bridgehead atoms. The minimum absolute atomic E-state index is 0.0259. The Bertz CT molecular complexity index is 994. The van der Waals surface area contributed by atoms with E-state index < -0.39 is 5.91 Å². The fraction of sp³-hybridized carbons (Fsp3) is 0.353. The summed E-state index contributed by atoms with van der Waals surface area (Å²) < 4.78 is 10.9. The highest BCUT2D eigenvalue weighted by molar-refractivity contribution is 7.15. The van der Waals surface area contributed by atoms with Gasteiger partial charge in [0, 0.05) is 5.69 Å². The van der Waals surface area contributed by atoms with Crippen LogP contribution in [-0.4, -0.2) is 33.2 Å². The molecule has 8 nitrogen and oxygen atoms in total. The van der Waals surface area contributed by atoms with E-state index in [4.69, 9.17) is 9.15 Å². The number of anilines is 1. The highest BCUT2D eigenvalue weighted by Gasteiger charge is 2.23. The smallest absolute Gasteiger partial charge is 0.322 e. The highest BCUT2D eigenvalue weighted by Crippen LogP contribution is 2.30. The molecule has 1 amide bonds. The lowest BCUT2D eigenvalue weighted by Crippen LogP contribution is -2.15. The van der Waals surface area contributed by atoms with Gasteiger partial charge in [0.25, 0.3) is 11.8 Å². The van der Waals surface area contributed by atoms with E-state index in [0.29, 0.717) is 17.3 Å². The van der Waals surface area contributed by atoms with Crippen LogP contribution in [0, 0.1) is 13.8 Å². The first-order chi connectivity index (χ1) is 12.5. The lowest BCUT2D eigenvalue weighted by Gasteiger charge is -2.09. The Hall–Kier alpha value is -2.81. The molecule has 3 aromatic heterocycles. The van der Waals surface area contributed by atoms with Crippen LogP contribution in [0.1, 0.15) is 38.7 Å². The van der Waals surface area contributed by atoms with Crippen LogP contribution in [0.4, 0.5) is 6.01 Å². The van der Waals surface area contributed by atoms with Gasteiger partial charge in [0.05, 0.1) is 17.8 Å². The van der Waals surface area contributed by atoms with Gasteiger partial charge in [-0.3, -0.25) is 10.1 Å². The SMILES string of the molecule is COc1nc2c(cc1C(=O)Nc1nnc(-c3sc(C)nc3C)o1)CCC2. The number of aryl methyl sites for hydroxylation is 4. The molecule has 0 unspecified atom stereocenters. The molecular formula is C17H17N5O3S. The summed E-state index contributed by atoms with van der Waals surface area (Å²) in [6, 6.07) is 1.86. The number of amides is 1. The maximum absolute atomic E-state index is 12.6. The average Bonchev–Trinajstić information content (AvgIpc) is 3.33. The van der Waals surface area contributed by atoms with Crippen molar-refractivity contribution in [2.75, 3.05) is 12.4 Å². The minimum Gasteiger partial charge on any atom is -0.480 e. The molecule has 0 atom stereocenters. The topological polar surface area (TPSA) is 103 Å². The Kier molecular flexibility index (Phi) is 4.15. The van der Waals surface area contributed by atoms with Crippen molar-refractivity contribution in [3.63, 3.8) is 0 Å². The zero-order valence-corrected chi connectivity index (χ0v) is 15.4. The van der Waals surface area contributed by atoms with Crippen molar-refractivity contribution in [2.24, 2.45) is 0 Å². The van der Waals surface area contributed by atoms with E-state index in [-0.39, 0.29) is 6.01 Å². The van der Waals surface area contributed by atoms with Gasteiger partial charge in [-0.15, -0.1) is 16.4 Å². The van der Waals surface area contributed by atoms with Gasteiger partial charge in [-0.2, -0.15) is 0 Å². The average molecular weight is 371 g/mol. The Labute approximate surface area is 153 Å². The third kappa shape index (κ3) is 2.94. The van der Waals surface area contributed by atoms with Gasteiger partial charge < -0.3 is 9.15 Å². The van der Waals surface area contributed by atoms with E-state index in [2.05, 4.69) is 25.5 Å². The van der Waals surface area contributed by atoms with Crippen molar-refractivity contribution in [1.82, 2.24) is 20.2 Å². The van der Waals surface area contributed by atoms with E-state index in [9.17, 15) is 4.79 Å². The Morgan fingerprint density at radius 1 is 1.27 bits per heavy atom. The molecule has 9 heteroatoms. The van der Waals surface area contributed by atoms with Gasteiger partial charge >= 0.3 is 6.01 Å². The van der Waals surface area contributed by atoms with Crippen LogP contribution in [0.15, 0.2) is 10.5 Å². The Balaban J connectivity index is 1.59. The second kappa shape index (κ2) is 6.49. The summed E-state index contributed by atoms with van der Waals surface area (Å²) in [5, 5.41) is 11.4. The quantitative estimate of drug-likeness (QED) is 0.752. The zero-order valence-electron chi connectivity index (χ0n) is 14.6. The number of hydrogen-bond acceptors (Lipinski definition) is 8. The number of pyridine rings is 1. The molecule has 0 radical (unpaired) electrons. The van der Waals surface area contributed by atoms with E-state index >= 15 is 0 Å². The molecule has 134 valence electrons. The standard InChI is InChI=1S/C17H17N5O3S/c1-8-13(26-9(2)18-8)16-21-22-17(25-16)20-14(23)11-7-10-5-4-6-12(10)19-15(11)24-3/h7H,4-6H2,1-3H3,(H,20,22,23). The van der Waals surface area contributed by atoms with Crippen molar-refractivity contribution < 1.29 is 13.9 Å². The Morgan fingerprint density at radius 2 is 2.12 bits per heavy atom. The predicted molar refractivity (Wildman–Crippen MR) is 95.6 cm³/mol. The summed E-state index contributed by atoms with van der Waals surface area (Å²) in [5.41, 5.74) is 3.25. The summed E-state index contributed by atoms with van der Waals surface area (Å²) in [6.07, 6.45) is 2.87. The highest BCUT2D eigenvalue weighted by atomic mass is 32.1. The summed E-state index contributed by atoms with van der Waals surface area (Å²) in [6.45, 7) is 3.79. The molecule has 26 heavy (non-hydrogen) atoms. The van der Waals surface area contributed by atoms with Crippen molar-refractivity contribution in [2.45, 2.75) is 33.1 Å². The van der Waals surface area contributed by atoms with Crippen LogP contribution in [-0.2, 0) is 12.8 Å². The maximum atomic E-state index is 12.6. The third-order valence-corrected chi connectivity index (χ3v) is 5.26. The first kappa shape index (κ1) is 16.6. The predicted octanol–water partition coefficient (Wildman–Crippen LogP) is 2.95. The molecule has 0 spiro atoms. The first-order valence-electron chi connectivity index (χ1n) is 8.21. The molecule has 3 aromatic rings. The molecule has 0 aliphatic heterocycles. The minimum atomic E-state index is -0.392. The number of methoxy groups -OCH3 is 1. The monoisotopic (exact) mass is 371 g/mol. The van der Waals surface area contributed by atoms with Crippen LogP contribution in [0.3, 0.4) is 0 Å². The molecule has 1 aliphatic rings. The molecule has 0 fully saturated rings. The van der Waals surface area contributed by atoms with Crippen LogP contribution in [0.5, 0.6) is 5.88 Å². The number of hydrogen-bond donors (Lipinski definition) is 1. The van der Waals surface area contributed by atoms with Crippen molar-refractivity contribution in [3.8, 4) is 16.6 Å². The number of carbonyl (C=O) groups is 1. The summed E-state index contributed by atoms with van der Waals surface area (Å²) >= 11 is 1.47. The zero-order chi connectivity index (χ0) is 18.3. The number of thiazole rings is 1. The number of rotatable bonds is 4. The number of fused-ring (bicyclic) bond motifs is 1. The van der Waals surface area contributed by atoms with Gasteiger partial charge in [-0.1, -0.05) is 5.10 Å². The second-order valence-electron chi connectivity index (χ2n) is 6.02. The summed E-state index contributed by atoms with van der Waals surface area (Å²) in [7, 11) is 1.50. The van der Waals surface area contributed by atoms with E-state index in [1.807, 2.05) is 19.9 Å². The second-order valence-corrected chi connectivity index (χ2v) is 7.22. The molecule has 1 aliphatic carbocycles. The van der Waals surface area contributed by atoms with E-state index in [1.54, 1.807) is 0 Å². The fourth-order valence-electron chi connectivity index (χ4n) is 3.03. The van der Waals surface area contributed by atoms with Crippen molar-refractivity contribution in [3.05, 3.63) is 33.6 Å². The van der Waals surface area contributed by atoms with Crippen molar-refractivity contribution >= 4 is 23.3 Å². The Morgan fingerprint density at radius 3 is 2.85 bits per heavy atom. The van der Waals surface area contributed by atoms with Crippen LogP contribution in [0.25, 0.3) is 10.8 Å². The largest absolute Gasteiger partial charge is 0.480 e. The normalized spacial score (nSPS) is 12.9. The molecule has 0 saturated carbocycles. The van der Waals surface area contributed by atoms with Gasteiger partial charge in [-0.25, -0.2) is 9.97 Å². The van der Waals surface area contributed by atoms with Gasteiger partial charge in [0.15, 0.2) is 0 Å². The third-order valence-electron chi connectivity index (χ3n) is 4.20. The number of carbonyl (C=O) groups excluding carboxylic acids is 1. The molecular weight excluding hydrogens is 354 g/mol. The first-order valence-corrected chi connectivity index (χ1v) is 9.03. The van der Waals surface area contributed by atoms with Gasteiger partial charge in [0.2, 0.25) is 5.88 Å². The van der Waals surface area contributed by atoms with Crippen LogP contribution >= 0.6 is 11.3 Å². The van der Waals surface area contributed by atoms with Crippen molar-refractivity contribution in [1.29, 1.82) is 0 Å². The number of ether oxygens (including phenoxy) is 1. The molecule has 1 N–H and O–H groups in total. The maximum Gasteiger partial charge on any atom is 0.322 e. The molecule has 4 rings (SSSR count). The van der Waals surface area contributed by atoms with E-state index in [1.165, 1.54) is 18.4 Å². The van der Waals surface area contributed by atoms with E-state index in [0.717, 1.165) is 46.1 Å². The van der Waals surface area contributed by atoms with Gasteiger partial charge in [-0.05, 0) is 44.7 Å². The number of nitrogens with one attached hydrogen (secondary N) is 1. The summed E-state index contributed by atoms with van der Waals surface area (Å²) in [5.74, 6) is 0.246. The lowest BCUT2D eigenvalue weighted by molar-refractivity contribution is 0.102. The molecule has 0 saturated heterocycles. The fourth-order valence-corrected chi connectivity index (χ4v) is 3.87. The van der Waals surface area contributed by atoms with Gasteiger partial charge in [0.1, 0.15) is 10.4 Å². The molecule has 3 heterocycles. The van der Waals surface area contributed by atoms with Crippen LogP contribution < -0.4 is 10.1 Å². The molecule has 0 aromatic carbocycles.